The van der Waals surface area contributed by atoms with Gasteiger partial charge in [0.15, 0.2) is 5.82 Å². The number of rotatable bonds is 6. The zero-order chi connectivity index (χ0) is 16.2. The maximum atomic E-state index is 12.4. The second-order valence-corrected chi connectivity index (χ2v) is 5.08. The zero-order valence-corrected chi connectivity index (χ0v) is 12.4. The van der Waals surface area contributed by atoms with Crippen LogP contribution in [-0.2, 0) is 25.7 Å². The molecule has 2 aromatic rings. The van der Waals surface area contributed by atoms with E-state index in [1.54, 1.807) is 0 Å². The highest BCUT2D eigenvalue weighted by atomic mass is 19.4. The van der Waals surface area contributed by atoms with Crippen molar-refractivity contribution in [3.05, 3.63) is 41.3 Å². The van der Waals surface area contributed by atoms with Gasteiger partial charge in [-0.15, -0.1) is 0 Å². The number of halogens is 3. The summed E-state index contributed by atoms with van der Waals surface area (Å²) in [6.07, 6.45) is -1.48. The van der Waals surface area contributed by atoms with Crippen molar-refractivity contribution in [1.82, 2.24) is 20.0 Å². The second-order valence-electron chi connectivity index (χ2n) is 5.08. The van der Waals surface area contributed by atoms with Gasteiger partial charge < -0.3 is 4.52 Å². The molecule has 22 heavy (non-hydrogen) atoms. The van der Waals surface area contributed by atoms with Gasteiger partial charge in [-0.1, -0.05) is 18.1 Å². The molecule has 0 spiro atoms. The Morgan fingerprint density at radius 2 is 2.00 bits per heavy atom. The predicted molar refractivity (Wildman–Crippen MR) is 72.7 cm³/mol. The van der Waals surface area contributed by atoms with Gasteiger partial charge in [0.05, 0.1) is 6.54 Å². The normalized spacial score (nSPS) is 12.1. The van der Waals surface area contributed by atoms with E-state index in [9.17, 15) is 13.2 Å². The predicted octanol–water partition coefficient (Wildman–Crippen LogP) is 3.07. The minimum Gasteiger partial charge on any atom is -0.338 e. The number of nitrogens with zero attached hydrogens (tertiary/aromatic N) is 4. The second kappa shape index (κ2) is 6.87. The quantitative estimate of drug-likeness (QED) is 0.820. The van der Waals surface area contributed by atoms with Crippen molar-refractivity contribution in [1.29, 1.82) is 0 Å². The maximum absolute atomic E-state index is 12.4. The minimum atomic E-state index is -4.41. The molecule has 0 aliphatic rings. The molecular formula is C14H17F3N4O. The number of hydrogen-bond donors (Lipinski definition) is 0. The Labute approximate surface area is 126 Å². The van der Waals surface area contributed by atoms with E-state index in [4.69, 9.17) is 4.52 Å². The highest BCUT2D eigenvalue weighted by Crippen LogP contribution is 2.27. The van der Waals surface area contributed by atoms with Crippen molar-refractivity contribution >= 4 is 0 Å². The minimum absolute atomic E-state index is 0.428. The summed E-state index contributed by atoms with van der Waals surface area (Å²) >= 11 is 0. The molecule has 0 aliphatic heterocycles. The molecule has 0 N–H and O–H groups in total. The lowest BCUT2D eigenvalue weighted by molar-refractivity contribution is -0.141. The third-order valence-electron chi connectivity index (χ3n) is 2.96. The summed E-state index contributed by atoms with van der Waals surface area (Å²) in [5, 5.41) is 3.85. The van der Waals surface area contributed by atoms with Crippen molar-refractivity contribution in [3.8, 4) is 0 Å². The van der Waals surface area contributed by atoms with E-state index < -0.39 is 11.9 Å². The molecular weight excluding hydrogens is 297 g/mol. The van der Waals surface area contributed by atoms with E-state index >= 15 is 0 Å². The van der Waals surface area contributed by atoms with Gasteiger partial charge in [-0.3, -0.25) is 9.88 Å². The molecule has 0 amide bonds. The summed E-state index contributed by atoms with van der Waals surface area (Å²) in [5.74, 6) is 1.16. The van der Waals surface area contributed by atoms with Crippen molar-refractivity contribution in [3.63, 3.8) is 0 Å². The number of aromatic nitrogens is 3. The first-order valence-corrected chi connectivity index (χ1v) is 6.90. The monoisotopic (exact) mass is 314 g/mol. The van der Waals surface area contributed by atoms with E-state index in [1.807, 2.05) is 18.9 Å². The Hall–Kier alpha value is -1.96. The molecule has 2 aromatic heterocycles. The van der Waals surface area contributed by atoms with Gasteiger partial charge in [0.25, 0.3) is 0 Å². The van der Waals surface area contributed by atoms with Gasteiger partial charge in [-0.2, -0.15) is 18.2 Å². The Morgan fingerprint density at radius 1 is 1.23 bits per heavy atom. The fourth-order valence-corrected chi connectivity index (χ4v) is 1.96. The highest BCUT2D eigenvalue weighted by Gasteiger charge is 2.32. The van der Waals surface area contributed by atoms with Crippen LogP contribution in [0.1, 0.15) is 36.3 Å². The fraction of sp³-hybridized carbons (Fsp3) is 0.500. The van der Waals surface area contributed by atoms with E-state index in [2.05, 4.69) is 15.1 Å². The van der Waals surface area contributed by atoms with Crippen molar-refractivity contribution < 1.29 is 17.7 Å². The first-order valence-electron chi connectivity index (χ1n) is 6.90. The first kappa shape index (κ1) is 16.4. The first-order chi connectivity index (χ1) is 10.4. The maximum Gasteiger partial charge on any atom is 0.433 e. The Morgan fingerprint density at radius 3 is 2.59 bits per heavy atom. The Kier molecular flexibility index (Phi) is 5.12. The molecule has 0 radical (unpaired) electrons. The third-order valence-corrected chi connectivity index (χ3v) is 2.96. The average Bonchev–Trinajstić information content (AvgIpc) is 2.86. The van der Waals surface area contributed by atoms with Crippen LogP contribution < -0.4 is 0 Å². The molecule has 0 aliphatic carbocycles. The molecule has 8 heteroatoms. The van der Waals surface area contributed by atoms with E-state index in [1.165, 1.54) is 12.3 Å². The lowest BCUT2D eigenvalue weighted by atomic mass is 10.2. The molecule has 120 valence electrons. The molecule has 0 aromatic carbocycles. The lowest BCUT2D eigenvalue weighted by Gasteiger charge is -2.14. The van der Waals surface area contributed by atoms with Crippen LogP contribution in [0.25, 0.3) is 0 Å². The summed E-state index contributed by atoms with van der Waals surface area (Å²) in [7, 11) is 1.82. The molecule has 2 heterocycles. The van der Waals surface area contributed by atoms with Gasteiger partial charge in [-0.05, 0) is 25.1 Å². The smallest absolute Gasteiger partial charge is 0.338 e. The summed E-state index contributed by atoms with van der Waals surface area (Å²) in [6.45, 7) is 2.90. The number of pyridine rings is 1. The van der Waals surface area contributed by atoms with E-state index in [0.717, 1.165) is 18.9 Å². The molecule has 0 saturated carbocycles. The highest BCUT2D eigenvalue weighted by molar-refractivity contribution is 5.15. The number of alkyl halides is 3. The van der Waals surface area contributed by atoms with Crippen LogP contribution in [0.3, 0.4) is 0 Å². The molecule has 0 fully saturated rings. The van der Waals surface area contributed by atoms with Gasteiger partial charge in [0.1, 0.15) is 5.69 Å². The Bertz CT molecular complexity index is 595. The van der Waals surface area contributed by atoms with Crippen molar-refractivity contribution in [2.75, 3.05) is 7.05 Å². The van der Waals surface area contributed by atoms with Crippen LogP contribution >= 0.6 is 0 Å². The summed E-state index contributed by atoms with van der Waals surface area (Å²) in [5.41, 5.74) is -0.205. The average molecular weight is 314 g/mol. The van der Waals surface area contributed by atoms with Crippen molar-refractivity contribution in [2.45, 2.75) is 39.0 Å². The van der Waals surface area contributed by atoms with Gasteiger partial charge >= 0.3 is 6.18 Å². The van der Waals surface area contributed by atoms with E-state index in [0.29, 0.717) is 30.4 Å². The number of aryl methyl sites for hydroxylation is 1. The third kappa shape index (κ3) is 4.52. The van der Waals surface area contributed by atoms with E-state index in [-0.39, 0.29) is 0 Å². The SMILES string of the molecule is CCCc1noc(CN(C)Cc2ccc(C(F)(F)F)nc2)n1. The van der Waals surface area contributed by atoms with Crippen LogP contribution in [-0.4, -0.2) is 27.1 Å². The van der Waals surface area contributed by atoms with Gasteiger partial charge in [0, 0.05) is 19.2 Å². The largest absolute Gasteiger partial charge is 0.433 e. The molecule has 0 atom stereocenters. The lowest BCUT2D eigenvalue weighted by Crippen LogP contribution is -2.18. The zero-order valence-electron chi connectivity index (χ0n) is 12.4. The molecule has 0 unspecified atom stereocenters. The van der Waals surface area contributed by atoms with Crippen LogP contribution in [0.15, 0.2) is 22.9 Å². The van der Waals surface area contributed by atoms with Crippen LogP contribution in [0.2, 0.25) is 0 Å². The van der Waals surface area contributed by atoms with Crippen LogP contribution in [0, 0.1) is 0 Å². The van der Waals surface area contributed by atoms with Gasteiger partial charge in [-0.25, -0.2) is 0 Å². The summed E-state index contributed by atoms with van der Waals surface area (Å²) < 4.78 is 42.4. The van der Waals surface area contributed by atoms with Crippen LogP contribution in [0.4, 0.5) is 13.2 Å². The topological polar surface area (TPSA) is 55.1 Å². The molecule has 0 saturated heterocycles. The summed E-state index contributed by atoms with van der Waals surface area (Å²) in [6, 6.07) is 2.40. The van der Waals surface area contributed by atoms with Gasteiger partial charge in [0.2, 0.25) is 5.89 Å². The summed E-state index contributed by atoms with van der Waals surface area (Å²) in [4.78, 5) is 9.55. The molecule has 0 bridgehead atoms. The Balaban J connectivity index is 1.92. The molecule has 2 rings (SSSR count). The molecule has 5 nitrogen and oxygen atoms in total. The van der Waals surface area contributed by atoms with Crippen molar-refractivity contribution in [2.24, 2.45) is 0 Å². The van der Waals surface area contributed by atoms with Crippen LogP contribution in [0.5, 0.6) is 0 Å². The fourth-order valence-electron chi connectivity index (χ4n) is 1.96. The number of hydrogen-bond acceptors (Lipinski definition) is 5. The standard InChI is InChI=1S/C14H17F3N4O/c1-3-4-12-19-13(22-20-12)9-21(2)8-10-5-6-11(18-7-10)14(15,16)17/h5-7H,3-4,8-9H2,1-2H3.